The summed E-state index contributed by atoms with van der Waals surface area (Å²) in [5.41, 5.74) is 5.02. The first-order valence-electron chi connectivity index (χ1n) is 9.27. The van der Waals surface area contributed by atoms with Crippen LogP contribution in [0.2, 0.25) is 5.02 Å². The standard InChI is InChI=1S/C21H18ClN5O/c22-14-7-3-5-12-13-6-4-9-16(20(13)25-19(12)14)24-21(28)18-11-17(26-27-18)15-8-1-2-10-23-15/h1-3,5,7-8,10-11,16,25H,4,6,9H2,(H,24,28)(H,26,27)/t16-/m0/s1. The smallest absolute Gasteiger partial charge is 0.269 e. The van der Waals surface area contributed by atoms with Gasteiger partial charge in [0.25, 0.3) is 5.91 Å². The topological polar surface area (TPSA) is 86.5 Å². The van der Waals surface area contributed by atoms with Crippen molar-refractivity contribution >= 4 is 28.4 Å². The van der Waals surface area contributed by atoms with Gasteiger partial charge in [0.2, 0.25) is 0 Å². The van der Waals surface area contributed by atoms with E-state index < -0.39 is 0 Å². The number of halogens is 1. The highest BCUT2D eigenvalue weighted by molar-refractivity contribution is 6.35. The third kappa shape index (κ3) is 2.86. The van der Waals surface area contributed by atoms with E-state index in [1.165, 1.54) is 5.56 Å². The van der Waals surface area contributed by atoms with Crippen molar-refractivity contribution < 1.29 is 4.79 Å². The Labute approximate surface area is 166 Å². The van der Waals surface area contributed by atoms with Crippen LogP contribution in [0.15, 0.2) is 48.7 Å². The summed E-state index contributed by atoms with van der Waals surface area (Å²) in [6.07, 6.45) is 4.58. The van der Waals surface area contributed by atoms with Crippen LogP contribution in [0.3, 0.4) is 0 Å². The van der Waals surface area contributed by atoms with Gasteiger partial charge in [0.15, 0.2) is 0 Å². The SMILES string of the molecule is O=C(N[C@H]1CCCc2c1[nH]c1c(Cl)cccc21)c1cc(-c2ccccn2)n[nH]1. The number of rotatable bonds is 3. The number of aromatic amines is 2. The highest BCUT2D eigenvalue weighted by Crippen LogP contribution is 2.37. The fourth-order valence-corrected chi connectivity index (χ4v) is 4.14. The molecule has 140 valence electrons. The van der Waals surface area contributed by atoms with E-state index in [2.05, 4.69) is 31.5 Å². The number of aryl methyl sites for hydroxylation is 1. The quantitative estimate of drug-likeness (QED) is 0.483. The van der Waals surface area contributed by atoms with Gasteiger partial charge in [0, 0.05) is 17.3 Å². The number of amides is 1. The number of hydrogen-bond acceptors (Lipinski definition) is 3. The maximum absolute atomic E-state index is 12.8. The van der Waals surface area contributed by atoms with E-state index in [1.807, 2.05) is 30.3 Å². The molecule has 0 bridgehead atoms. The van der Waals surface area contributed by atoms with Gasteiger partial charge < -0.3 is 10.3 Å². The van der Waals surface area contributed by atoms with E-state index in [9.17, 15) is 4.79 Å². The molecule has 1 aliphatic rings. The van der Waals surface area contributed by atoms with E-state index in [0.29, 0.717) is 16.4 Å². The van der Waals surface area contributed by atoms with Crippen molar-refractivity contribution in [2.75, 3.05) is 0 Å². The average Bonchev–Trinajstić information content (AvgIpc) is 3.35. The summed E-state index contributed by atoms with van der Waals surface area (Å²) in [5.74, 6) is -0.183. The molecule has 0 radical (unpaired) electrons. The summed E-state index contributed by atoms with van der Waals surface area (Å²) in [4.78, 5) is 20.5. The zero-order chi connectivity index (χ0) is 19.1. The minimum Gasteiger partial charge on any atom is -0.355 e. The van der Waals surface area contributed by atoms with E-state index in [1.54, 1.807) is 12.3 Å². The molecular formula is C21H18ClN5O. The molecule has 5 rings (SSSR count). The van der Waals surface area contributed by atoms with Crippen LogP contribution >= 0.6 is 11.6 Å². The maximum atomic E-state index is 12.8. The summed E-state index contributed by atoms with van der Waals surface area (Å²) in [7, 11) is 0. The van der Waals surface area contributed by atoms with E-state index in [0.717, 1.165) is 41.6 Å². The zero-order valence-electron chi connectivity index (χ0n) is 15.0. The summed E-state index contributed by atoms with van der Waals surface area (Å²) in [6.45, 7) is 0. The van der Waals surface area contributed by atoms with Crippen LogP contribution in [0, 0.1) is 0 Å². The predicted octanol–water partition coefficient (Wildman–Crippen LogP) is 4.41. The van der Waals surface area contributed by atoms with Crippen molar-refractivity contribution in [3.8, 4) is 11.4 Å². The summed E-state index contributed by atoms with van der Waals surface area (Å²) in [5, 5.41) is 12.0. The monoisotopic (exact) mass is 391 g/mol. The first-order chi connectivity index (χ1) is 13.7. The summed E-state index contributed by atoms with van der Waals surface area (Å²) < 4.78 is 0. The molecule has 0 aliphatic heterocycles. The number of nitrogens with zero attached hydrogens (tertiary/aromatic N) is 2. The molecule has 0 spiro atoms. The molecule has 3 N–H and O–H groups in total. The molecule has 3 heterocycles. The number of fused-ring (bicyclic) bond motifs is 3. The molecule has 3 aromatic heterocycles. The molecule has 0 saturated heterocycles. The van der Waals surface area contributed by atoms with Gasteiger partial charge in [-0.05, 0) is 49.1 Å². The minimum atomic E-state index is -0.183. The Bertz CT molecular complexity index is 1160. The molecular weight excluding hydrogens is 374 g/mol. The van der Waals surface area contributed by atoms with E-state index in [4.69, 9.17) is 11.6 Å². The highest BCUT2D eigenvalue weighted by atomic mass is 35.5. The normalized spacial score (nSPS) is 16.1. The summed E-state index contributed by atoms with van der Waals surface area (Å²) in [6, 6.07) is 13.2. The van der Waals surface area contributed by atoms with Crippen LogP contribution in [-0.2, 0) is 6.42 Å². The minimum absolute atomic E-state index is 0.0821. The molecule has 1 amide bonds. The number of aromatic nitrogens is 4. The van der Waals surface area contributed by atoms with Gasteiger partial charge in [-0.2, -0.15) is 5.10 Å². The largest absolute Gasteiger partial charge is 0.355 e. The Kier molecular flexibility index (Phi) is 4.13. The number of nitrogens with one attached hydrogen (secondary N) is 3. The van der Waals surface area contributed by atoms with Crippen molar-refractivity contribution in [3.63, 3.8) is 0 Å². The second-order valence-corrected chi connectivity index (χ2v) is 7.39. The van der Waals surface area contributed by atoms with Crippen LogP contribution in [0.25, 0.3) is 22.3 Å². The van der Waals surface area contributed by atoms with Gasteiger partial charge in [-0.15, -0.1) is 0 Å². The molecule has 28 heavy (non-hydrogen) atoms. The Hall–Kier alpha value is -3.12. The number of para-hydroxylation sites is 1. The van der Waals surface area contributed by atoms with Crippen LogP contribution in [0.1, 0.15) is 40.6 Å². The first kappa shape index (κ1) is 17.0. The molecule has 0 saturated carbocycles. The molecule has 4 aromatic rings. The summed E-state index contributed by atoms with van der Waals surface area (Å²) >= 11 is 6.35. The van der Waals surface area contributed by atoms with Crippen molar-refractivity contribution in [2.24, 2.45) is 0 Å². The van der Waals surface area contributed by atoms with Gasteiger partial charge in [0.1, 0.15) is 11.4 Å². The number of carbonyl (C=O) groups excluding carboxylic acids is 1. The fraction of sp³-hybridized carbons (Fsp3) is 0.190. The Morgan fingerprint density at radius 1 is 1.18 bits per heavy atom. The van der Waals surface area contributed by atoms with Gasteiger partial charge in [-0.3, -0.25) is 14.9 Å². The van der Waals surface area contributed by atoms with Crippen LogP contribution in [-0.4, -0.2) is 26.1 Å². The third-order valence-corrected chi connectivity index (χ3v) is 5.56. The van der Waals surface area contributed by atoms with Crippen molar-refractivity contribution in [1.29, 1.82) is 0 Å². The highest BCUT2D eigenvalue weighted by Gasteiger charge is 2.27. The average molecular weight is 392 g/mol. The Morgan fingerprint density at radius 3 is 2.96 bits per heavy atom. The van der Waals surface area contributed by atoms with Crippen LogP contribution < -0.4 is 5.32 Å². The zero-order valence-corrected chi connectivity index (χ0v) is 15.8. The number of H-pyrrole nitrogens is 2. The molecule has 1 atom stereocenters. The fourth-order valence-electron chi connectivity index (χ4n) is 3.92. The molecule has 6 nitrogen and oxygen atoms in total. The lowest BCUT2D eigenvalue weighted by Gasteiger charge is -2.23. The lowest BCUT2D eigenvalue weighted by Crippen LogP contribution is -2.31. The maximum Gasteiger partial charge on any atom is 0.269 e. The Morgan fingerprint density at radius 2 is 2.11 bits per heavy atom. The second-order valence-electron chi connectivity index (χ2n) is 6.98. The van der Waals surface area contributed by atoms with Crippen molar-refractivity contribution in [2.45, 2.75) is 25.3 Å². The molecule has 7 heteroatoms. The first-order valence-corrected chi connectivity index (χ1v) is 9.65. The van der Waals surface area contributed by atoms with Gasteiger partial charge >= 0.3 is 0 Å². The number of carbonyl (C=O) groups is 1. The van der Waals surface area contributed by atoms with E-state index >= 15 is 0 Å². The van der Waals surface area contributed by atoms with Crippen molar-refractivity contribution in [3.05, 3.63) is 70.6 Å². The number of hydrogen-bond donors (Lipinski definition) is 3. The number of benzene rings is 1. The Balaban J connectivity index is 1.42. The van der Waals surface area contributed by atoms with Crippen LogP contribution in [0.5, 0.6) is 0 Å². The van der Waals surface area contributed by atoms with E-state index in [-0.39, 0.29) is 11.9 Å². The van der Waals surface area contributed by atoms with Gasteiger partial charge in [-0.1, -0.05) is 29.8 Å². The third-order valence-electron chi connectivity index (χ3n) is 5.25. The van der Waals surface area contributed by atoms with Gasteiger partial charge in [0.05, 0.1) is 22.3 Å². The molecule has 0 unspecified atom stereocenters. The predicted molar refractivity (Wildman–Crippen MR) is 108 cm³/mol. The molecule has 1 aliphatic carbocycles. The lowest BCUT2D eigenvalue weighted by molar-refractivity contribution is 0.0927. The lowest BCUT2D eigenvalue weighted by atomic mass is 9.91. The van der Waals surface area contributed by atoms with Gasteiger partial charge in [-0.25, -0.2) is 0 Å². The number of pyridine rings is 1. The molecule has 0 fully saturated rings. The van der Waals surface area contributed by atoms with Crippen LogP contribution in [0.4, 0.5) is 0 Å². The molecule has 1 aromatic carbocycles. The van der Waals surface area contributed by atoms with Crippen molar-refractivity contribution in [1.82, 2.24) is 25.5 Å². The second kappa shape index (κ2) is 6.80.